The molecular weight excluding hydrogens is 356 g/mol. The lowest BCUT2D eigenvalue weighted by Gasteiger charge is -2.43. The van der Waals surface area contributed by atoms with Gasteiger partial charge in [-0.1, -0.05) is 11.1 Å². The van der Waals surface area contributed by atoms with Gasteiger partial charge in [0.1, 0.15) is 5.60 Å². The number of esters is 2. The van der Waals surface area contributed by atoms with Gasteiger partial charge in [0.15, 0.2) is 0 Å². The second-order valence-electron chi connectivity index (χ2n) is 8.15. The van der Waals surface area contributed by atoms with Crippen LogP contribution < -0.4 is 0 Å². The lowest BCUT2D eigenvalue weighted by Crippen LogP contribution is -2.52. The summed E-state index contributed by atoms with van der Waals surface area (Å²) in [5.41, 5.74) is 1.61. The molecule has 7 heteroatoms. The van der Waals surface area contributed by atoms with Gasteiger partial charge in [0.25, 0.3) is 0 Å². The van der Waals surface area contributed by atoms with Crippen molar-refractivity contribution >= 4 is 22.7 Å². The van der Waals surface area contributed by atoms with Crippen molar-refractivity contribution in [2.45, 2.75) is 55.8 Å². The number of methoxy groups -OCH3 is 2. The molecule has 142 valence electrons. The second-order valence-corrected chi connectivity index (χ2v) is 10.4. The van der Waals surface area contributed by atoms with Gasteiger partial charge in [0, 0.05) is 22.6 Å². The van der Waals surface area contributed by atoms with Crippen LogP contribution in [-0.4, -0.2) is 51.6 Å². The molecule has 0 aromatic rings. The van der Waals surface area contributed by atoms with Crippen LogP contribution in [0.25, 0.3) is 0 Å². The molecule has 2 fully saturated rings. The first kappa shape index (κ1) is 17.9. The third kappa shape index (κ3) is 1.50. The van der Waals surface area contributed by atoms with Crippen molar-refractivity contribution in [3.8, 4) is 0 Å². The monoisotopic (exact) mass is 380 g/mol. The summed E-state index contributed by atoms with van der Waals surface area (Å²) < 4.78 is 28.6. The van der Waals surface area contributed by atoms with Crippen LogP contribution in [0.5, 0.6) is 0 Å². The van der Waals surface area contributed by atoms with Gasteiger partial charge in [0.05, 0.1) is 41.0 Å². The number of hydrogen-bond acceptors (Lipinski definition) is 6. The van der Waals surface area contributed by atoms with Gasteiger partial charge in [-0.3, -0.25) is 4.21 Å². The average Bonchev–Trinajstić information content (AvgIpc) is 3.20. The molecule has 0 amide bonds. The Hall–Kier alpha value is -1.47. The fraction of sp³-hybridized carbons (Fsp3) is 0.684. The van der Waals surface area contributed by atoms with Gasteiger partial charge in [-0.05, 0) is 34.6 Å². The van der Waals surface area contributed by atoms with Crippen LogP contribution in [0.4, 0.5) is 0 Å². The summed E-state index contributed by atoms with van der Waals surface area (Å²) in [6, 6.07) is 0. The maximum absolute atomic E-state index is 13.6. The van der Waals surface area contributed by atoms with E-state index in [-0.39, 0.29) is 23.0 Å². The lowest BCUT2D eigenvalue weighted by molar-refractivity contribution is -0.140. The number of rotatable bonds is 2. The molecule has 0 aromatic heterocycles. The predicted molar refractivity (Wildman–Crippen MR) is 94.6 cm³/mol. The Balaban J connectivity index is 2.01. The van der Waals surface area contributed by atoms with E-state index in [2.05, 4.69) is 0 Å². The Morgan fingerprint density at radius 2 is 1.54 bits per heavy atom. The van der Waals surface area contributed by atoms with Crippen molar-refractivity contribution < 1.29 is 28.0 Å². The summed E-state index contributed by atoms with van der Waals surface area (Å²) in [5, 5.41) is 0. The SMILES string of the molecule is COC(=O)C1=C(C(=O)OC)[C@]2(C)O[C@H]1[C@H]1[C@@H]2[C@@]2(C)C(C)=C(C)[C@]1(C)S2=O. The molecule has 7 atom stereocenters. The summed E-state index contributed by atoms with van der Waals surface area (Å²) in [4.78, 5) is 25.1. The Morgan fingerprint density at radius 1 is 1.00 bits per heavy atom. The number of ether oxygens (including phenoxy) is 3. The molecule has 4 aliphatic rings. The molecule has 1 unspecified atom stereocenters. The van der Waals surface area contributed by atoms with E-state index in [0.29, 0.717) is 0 Å². The molecule has 26 heavy (non-hydrogen) atoms. The normalized spacial score (nSPS) is 48.3. The van der Waals surface area contributed by atoms with E-state index in [4.69, 9.17) is 14.2 Å². The third-order valence-electron chi connectivity index (χ3n) is 7.55. The third-order valence-corrected chi connectivity index (χ3v) is 10.2. The smallest absolute Gasteiger partial charge is 0.337 e. The van der Waals surface area contributed by atoms with E-state index >= 15 is 0 Å². The van der Waals surface area contributed by atoms with Crippen molar-refractivity contribution in [1.82, 2.24) is 0 Å². The fourth-order valence-electron chi connectivity index (χ4n) is 6.19. The highest BCUT2D eigenvalue weighted by molar-refractivity contribution is 7.89. The Bertz CT molecular complexity index is 856. The first-order chi connectivity index (χ1) is 12.0. The molecular formula is C19H24O6S. The average molecular weight is 380 g/mol. The largest absolute Gasteiger partial charge is 0.466 e. The van der Waals surface area contributed by atoms with Crippen LogP contribution in [0.15, 0.2) is 22.3 Å². The van der Waals surface area contributed by atoms with Crippen LogP contribution in [0.3, 0.4) is 0 Å². The van der Waals surface area contributed by atoms with Gasteiger partial charge in [-0.25, -0.2) is 9.59 Å². The van der Waals surface area contributed by atoms with Crippen LogP contribution in [0.2, 0.25) is 0 Å². The van der Waals surface area contributed by atoms with Crippen molar-refractivity contribution in [3.63, 3.8) is 0 Å². The lowest BCUT2D eigenvalue weighted by atomic mass is 9.56. The molecule has 4 bridgehead atoms. The topological polar surface area (TPSA) is 78.9 Å². The second kappa shape index (κ2) is 4.87. The predicted octanol–water partition coefficient (Wildman–Crippen LogP) is 1.66. The van der Waals surface area contributed by atoms with E-state index in [0.717, 1.165) is 11.1 Å². The molecule has 4 aliphatic heterocycles. The highest BCUT2D eigenvalue weighted by Gasteiger charge is 2.81. The van der Waals surface area contributed by atoms with Gasteiger partial charge < -0.3 is 14.2 Å². The van der Waals surface area contributed by atoms with Crippen LogP contribution in [0, 0.1) is 11.8 Å². The molecule has 0 aromatic carbocycles. The molecule has 6 nitrogen and oxygen atoms in total. The molecule has 4 rings (SSSR count). The number of hydrogen-bond donors (Lipinski definition) is 0. The van der Waals surface area contributed by atoms with E-state index in [9.17, 15) is 13.8 Å². The van der Waals surface area contributed by atoms with Crippen LogP contribution in [-0.2, 0) is 34.6 Å². The van der Waals surface area contributed by atoms with Crippen molar-refractivity contribution in [2.24, 2.45) is 11.8 Å². The van der Waals surface area contributed by atoms with Gasteiger partial charge in [-0.15, -0.1) is 0 Å². The molecule has 0 N–H and O–H groups in total. The number of carbonyl (C=O) groups is 2. The molecule has 0 spiro atoms. The number of fused-ring (bicyclic) bond motifs is 9. The summed E-state index contributed by atoms with van der Waals surface area (Å²) in [7, 11) is 1.40. The Kier molecular flexibility index (Phi) is 3.36. The highest BCUT2D eigenvalue weighted by atomic mass is 32.2. The molecule has 0 saturated carbocycles. The molecule has 2 saturated heterocycles. The molecule has 0 radical (unpaired) electrons. The molecule has 0 aliphatic carbocycles. The maximum atomic E-state index is 13.6. The fourth-order valence-corrected chi connectivity index (χ4v) is 9.05. The van der Waals surface area contributed by atoms with E-state index in [1.165, 1.54) is 14.2 Å². The zero-order valence-corrected chi connectivity index (χ0v) is 16.9. The minimum Gasteiger partial charge on any atom is -0.466 e. The minimum atomic E-state index is -1.17. The van der Waals surface area contributed by atoms with Gasteiger partial charge >= 0.3 is 11.9 Å². The quantitative estimate of drug-likeness (QED) is 0.536. The van der Waals surface area contributed by atoms with Crippen molar-refractivity contribution in [1.29, 1.82) is 0 Å². The summed E-state index contributed by atoms with van der Waals surface area (Å²) in [6.45, 7) is 9.86. The summed E-state index contributed by atoms with van der Waals surface area (Å²) >= 11 is 0. The highest BCUT2D eigenvalue weighted by Crippen LogP contribution is 2.73. The maximum Gasteiger partial charge on any atom is 0.337 e. The molecule has 4 heterocycles. The van der Waals surface area contributed by atoms with Crippen LogP contribution >= 0.6 is 0 Å². The summed E-state index contributed by atoms with van der Waals surface area (Å²) in [6.07, 6.45) is -0.620. The van der Waals surface area contributed by atoms with Crippen molar-refractivity contribution in [2.75, 3.05) is 14.2 Å². The first-order valence-corrected chi connectivity index (χ1v) is 9.87. The Morgan fingerprint density at radius 3 is 2.08 bits per heavy atom. The zero-order chi connectivity index (χ0) is 19.4. The zero-order valence-electron chi connectivity index (χ0n) is 16.1. The summed E-state index contributed by atoms with van der Waals surface area (Å²) in [5.74, 6) is -1.49. The Labute approximate surface area is 155 Å². The van der Waals surface area contributed by atoms with E-state index in [1.54, 1.807) is 0 Å². The number of carbonyl (C=O) groups excluding carboxylic acids is 2. The van der Waals surface area contributed by atoms with Gasteiger partial charge in [0.2, 0.25) is 0 Å². The first-order valence-electron chi connectivity index (χ1n) is 8.72. The van der Waals surface area contributed by atoms with Gasteiger partial charge in [-0.2, -0.15) is 0 Å². The minimum absolute atomic E-state index is 0.149. The van der Waals surface area contributed by atoms with E-state index in [1.807, 2.05) is 34.6 Å². The standard InChI is InChI=1S/C19H24O6S/c1-8-9(2)19(5)14-12(18(8,4)26(19)22)13-10(15(20)23-6)11(16(21)24-7)17(14,3)25-13/h12-14H,1-7H3/t12-,13+,14-,17-,18-,19+,26?/m0/s1. The van der Waals surface area contributed by atoms with Crippen LogP contribution in [0.1, 0.15) is 34.6 Å². The van der Waals surface area contributed by atoms with E-state index < -0.39 is 43.9 Å². The van der Waals surface area contributed by atoms with Crippen molar-refractivity contribution in [3.05, 3.63) is 22.3 Å².